The fourth-order valence-corrected chi connectivity index (χ4v) is 4.69. The van der Waals surface area contributed by atoms with Gasteiger partial charge in [-0.25, -0.2) is 0 Å². The average Bonchev–Trinajstić information content (AvgIpc) is 2.73. The number of esters is 1. The van der Waals surface area contributed by atoms with E-state index in [0.717, 1.165) is 11.1 Å². The maximum absolute atomic E-state index is 12.7. The number of hydrogen-bond acceptors (Lipinski definition) is 5. The van der Waals surface area contributed by atoms with E-state index in [1.807, 2.05) is 67.6 Å². The molecule has 2 rings (SSSR count). The maximum Gasteiger partial charge on any atom is 0.325 e. The van der Waals surface area contributed by atoms with E-state index < -0.39 is 32.5 Å². The molecule has 0 unspecified atom stereocenters. The quantitative estimate of drug-likeness (QED) is 0.435. The van der Waals surface area contributed by atoms with Crippen LogP contribution in [0.1, 0.15) is 44.9 Å². The van der Waals surface area contributed by atoms with Crippen LogP contribution < -0.4 is 5.32 Å². The molecule has 3 atom stereocenters. The summed E-state index contributed by atoms with van der Waals surface area (Å²) < 4.78 is 11.4. The summed E-state index contributed by atoms with van der Waals surface area (Å²) in [5.74, 6) is -0.518. The Kier molecular flexibility index (Phi) is 8.60. The third-order valence-corrected chi connectivity index (χ3v) is 10.7. The molecule has 170 valence electrons. The predicted octanol–water partition coefficient (Wildman–Crippen LogP) is 4.68. The van der Waals surface area contributed by atoms with Gasteiger partial charge in [-0.05, 0) is 36.2 Å². The number of hydrogen-bond donors (Lipinski definition) is 2. The smallest absolute Gasteiger partial charge is 0.325 e. The number of benzene rings is 2. The Morgan fingerprint density at radius 3 is 1.81 bits per heavy atom. The van der Waals surface area contributed by atoms with E-state index >= 15 is 0 Å². The fourth-order valence-electron chi connectivity index (χ4n) is 3.27. The second-order valence-corrected chi connectivity index (χ2v) is 14.3. The molecule has 6 heteroatoms. The molecule has 0 saturated carbocycles. The van der Waals surface area contributed by atoms with Crippen molar-refractivity contribution in [1.29, 1.82) is 0 Å². The van der Waals surface area contributed by atoms with Gasteiger partial charge in [0.25, 0.3) is 0 Å². The van der Waals surface area contributed by atoms with Crippen molar-refractivity contribution in [3.05, 3.63) is 71.8 Å². The van der Waals surface area contributed by atoms with Crippen LogP contribution in [-0.2, 0) is 14.0 Å². The number of methoxy groups -OCH3 is 1. The summed E-state index contributed by atoms with van der Waals surface area (Å²) in [5.41, 5.74) is 1.99. The van der Waals surface area contributed by atoms with Crippen LogP contribution in [0.25, 0.3) is 0 Å². The highest BCUT2D eigenvalue weighted by molar-refractivity contribution is 6.74. The maximum atomic E-state index is 12.7. The Labute approximate surface area is 187 Å². The highest BCUT2D eigenvalue weighted by atomic mass is 28.4. The molecular weight excluding hydrogens is 406 g/mol. The Balaban J connectivity index is 2.34. The van der Waals surface area contributed by atoms with Gasteiger partial charge in [0.15, 0.2) is 8.32 Å². The number of aliphatic hydroxyl groups is 1. The standard InChI is InChI=1S/C25H37NO4Si/c1-18(30-31(6,7)25(2,3)4)23(27)22(24(28)29-5)26-21(19-14-10-8-11-15-19)20-16-12-9-13-17-20/h8-18,21-23,26-27H,1-7H3/t18-,22-,23+/m0/s1. The fraction of sp³-hybridized carbons (Fsp3) is 0.480. The van der Waals surface area contributed by atoms with E-state index in [9.17, 15) is 9.90 Å². The molecule has 0 heterocycles. The molecule has 0 aromatic heterocycles. The molecule has 0 amide bonds. The van der Waals surface area contributed by atoms with Gasteiger partial charge in [0, 0.05) is 0 Å². The van der Waals surface area contributed by atoms with Crippen molar-refractivity contribution in [1.82, 2.24) is 5.32 Å². The Bertz CT molecular complexity index is 781. The molecule has 0 aliphatic heterocycles. The lowest BCUT2D eigenvalue weighted by molar-refractivity contribution is -0.148. The molecule has 5 nitrogen and oxygen atoms in total. The minimum Gasteiger partial charge on any atom is -0.468 e. The van der Waals surface area contributed by atoms with E-state index in [4.69, 9.17) is 9.16 Å². The van der Waals surface area contributed by atoms with Gasteiger partial charge >= 0.3 is 5.97 Å². The number of carbonyl (C=O) groups excluding carboxylic acids is 1. The molecule has 0 bridgehead atoms. The minimum atomic E-state index is -2.13. The van der Waals surface area contributed by atoms with E-state index in [2.05, 4.69) is 39.2 Å². The van der Waals surface area contributed by atoms with Crippen LogP contribution in [0, 0.1) is 0 Å². The van der Waals surface area contributed by atoms with E-state index in [0.29, 0.717) is 0 Å². The van der Waals surface area contributed by atoms with Crippen LogP contribution >= 0.6 is 0 Å². The van der Waals surface area contributed by atoms with Gasteiger partial charge in [-0.15, -0.1) is 0 Å². The first-order chi connectivity index (χ1) is 14.5. The molecule has 2 aromatic carbocycles. The van der Waals surface area contributed by atoms with Crippen LogP contribution in [0.4, 0.5) is 0 Å². The van der Waals surface area contributed by atoms with E-state index in [1.165, 1.54) is 7.11 Å². The van der Waals surface area contributed by atoms with Gasteiger partial charge in [-0.1, -0.05) is 81.4 Å². The third kappa shape index (κ3) is 6.49. The van der Waals surface area contributed by atoms with Crippen molar-refractivity contribution < 1.29 is 19.1 Å². The summed E-state index contributed by atoms with van der Waals surface area (Å²) in [4.78, 5) is 12.7. The number of rotatable bonds is 9. The zero-order chi connectivity index (χ0) is 23.2. The molecule has 0 aliphatic rings. The first-order valence-electron chi connectivity index (χ1n) is 10.8. The van der Waals surface area contributed by atoms with Crippen LogP contribution in [0.15, 0.2) is 60.7 Å². The average molecular weight is 444 g/mol. The Morgan fingerprint density at radius 2 is 1.42 bits per heavy atom. The zero-order valence-electron chi connectivity index (χ0n) is 19.8. The molecule has 0 aliphatic carbocycles. The van der Waals surface area contributed by atoms with Crippen LogP contribution in [0.5, 0.6) is 0 Å². The van der Waals surface area contributed by atoms with Crippen molar-refractivity contribution >= 4 is 14.3 Å². The van der Waals surface area contributed by atoms with Gasteiger partial charge in [0.2, 0.25) is 0 Å². The molecule has 0 spiro atoms. The summed E-state index contributed by atoms with van der Waals surface area (Å²) in [7, 11) is -0.793. The summed E-state index contributed by atoms with van der Waals surface area (Å²) in [6.07, 6.45) is -1.61. The highest BCUT2D eigenvalue weighted by Gasteiger charge is 2.42. The minimum absolute atomic E-state index is 0.00815. The van der Waals surface area contributed by atoms with Crippen molar-refractivity contribution in [2.45, 2.75) is 70.1 Å². The Morgan fingerprint density at radius 1 is 0.968 bits per heavy atom. The first kappa shape index (κ1) is 25.3. The normalized spacial score (nSPS) is 15.4. The molecule has 2 N–H and O–H groups in total. The molecule has 0 saturated heterocycles. The molecule has 0 fully saturated rings. The largest absolute Gasteiger partial charge is 0.468 e. The molecular formula is C25H37NO4Si. The monoisotopic (exact) mass is 443 g/mol. The van der Waals surface area contributed by atoms with E-state index in [-0.39, 0.29) is 11.1 Å². The van der Waals surface area contributed by atoms with E-state index in [1.54, 1.807) is 0 Å². The first-order valence-corrected chi connectivity index (χ1v) is 13.7. The summed E-state index contributed by atoms with van der Waals surface area (Å²) in [5, 5.41) is 14.5. The number of ether oxygens (including phenoxy) is 1. The van der Waals surface area contributed by atoms with Gasteiger partial charge < -0.3 is 14.3 Å². The second-order valence-electron chi connectivity index (χ2n) is 9.50. The highest BCUT2D eigenvalue weighted by Crippen LogP contribution is 2.37. The Hall–Kier alpha value is -1.99. The van der Waals surface area contributed by atoms with Crippen LogP contribution in [0.3, 0.4) is 0 Å². The van der Waals surface area contributed by atoms with Gasteiger partial charge in [0.1, 0.15) is 12.1 Å². The topological polar surface area (TPSA) is 67.8 Å². The molecule has 31 heavy (non-hydrogen) atoms. The lowest BCUT2D eigenvalue weighted by Crippen LogP contribution is -2.55. The van der Waals surface area contributed by atoms with Crippen molar-refractivity contribution in [3.8, 4) is 0 Å². The third-order valence-electron chi connectivity index (χ3n) is 6.18. The second kappa shape index (κ2) is 10.5. The van der Waals surface area contributed by atoms with Crippen molar-refractivity contribution in [2.75, 3.05) is 7.11 Å². The number of nitrogens with one attached hydrogen (secondary N) is 1. The zero-order valence-corrected chi connectivity index (χ0v) is 20.8. The van der Waals surface area contributed by atoms with Gasteiger partial charge in [-0.2, -0.15) is 0 Å². The van der Waals surface area contributed by atoms with Gasteiger partial charge in [-0.3, -0.25) is 10.1 Å². The SMILES string of the molecule is COC(=O)[C@@H](NC(c1ccccc1)c1ccccc1)[C@H](O)[C@H](C)O[Si](C)(C)C(C)(C)C. The lowest BCUT2D eigenvalue weighted by atomic mass is 9.96. The van der Waals surface area contributed by atoms with Crippen LogP contribution in [-0.4, -0.2) is 44.8 Å². The lowest BCUT2D eigenvalue weighted by Gasteiger charge is -2.40. The summed E-state index contributed by atoms with van der Waals surface area (Å²) in [6.45, 7) is 12.5. The van der Waals surface area contributed by atoms with Crippen molar-refractivity contribution in [2.24, 2.45) is 0 Å². The van der Waals surface area contributed by atoms with Gasteiger partial charge in [0.05, 0.1) is 19.3 Å². The molecule has 0 radical (unpaired) electrons. The number of carbonyl (C=O) groups is 1. The summed E-state index contributed by atoms with van der Waals surface area (Å²) >= 11 is 0. The number of aliphatic hydroxyl groups excluding tert-OH is 1. The molecule has 2 aromatic rings. The van der Waals surface area contributed by atoms with Crippen molar-refractivity contribution in [3.63, 3.8) is 0 Å². The predicted molar refractivity (Wildman–Crippen MR) is 127 cm³/mol. The summed E-state index contributed by atoms with van der Waals surface area (Å²) in [6, 6.07) is 18.5. The van der Waals surface area contributed by atoms with Crippen LogP contribution in [0.2, 0.25) is 18.1 Å².